The predicted octanol–water partition coefficient (Wildman–Crippen LogP) is 3.15. The van der Waals surface area contributed by atoms with E-state index in [1.54, 1.807) is 12.4 Å². The minimum absolute atomic E-state index is 0.382. The second-order valence-corrected chi connectivity index (χ2v) is 5.41. The number of para-hydroxylation sites is 1. The van der Waals surface area contributed by atoms with Gasteiger partial charge in [-0.2, -0.15) is 5.26 Å². The van der Waals surface area contributed by atoms with Crippen LogP contribution in [0.15, 0.2) is 58.3 Å². The largest absolute Gasteiger partial charge is 0.494 e. The maximum Gasteiger partial charge on any atom is 0.209 e. The minimum atomic E-state index is 0.382. The Bertz CT molecular complexity index is 684. The van der Waals surface area contributed by atoms with Crippen LogP contribution in [0.2, 0.25) is 0 Å². The number of nitrogens with zero attached hydrogens (tertiary/aromatic N) is 3. The molecule has 0 radical (unpaired) electrons. The third-order valence-corrected chi connectivity index (χ3v) is 3.16. The number of aliphatic imine (C=N–C) groups is 1. The summed E-state index contributed by atoms with van der Waals surface area (Å²) in [5.41, 5.74) is 0.737. The quantitative estimate of drug-likeness (QED) is 0.267. The summed E-state index contributed by atoms with van der Waals surface area (Å²) < 4.78 is 6.43. The highest BCUT2D eigenvalue weighted by Crippen LogP contribution is 2.13. The molecule has 0 aliphatic carbocycles. The van der Waals surface area contributed by atoms with E-state index >= 15 is 0 Å². The molecule has 0 fully saturated rings. The first kappa shape index (κ1) is 16.8. The van der Waals surface area contributed by atoms with E-state index < -0.39 is 0 Å². The summed E-state index contributed by atoms with van der Waals surface area (Å²) in [5.74, 6) is 1.22. The number of hydrogen-bond acceptors (Lipinski definition) is 4. The lowest BCUT2D eigenvalue weighted by Gasteiger charge is -2.08. The van der Waals surface area contributed by atoms with Crippen LogP contribution in [0.5, 0.6) is 5.75 Å². The molecule has 0 atom stereocenters. The Morgan fingerprint density at radius 3 is 2.87 bits per heavy atom. The molecule has 2 rings (SSSR count). The molecule has 1 aromatic carbocycles. The third kappa shape index (κ3) is 6.36. The van der Waals surface area contributed by atoms with Crippen LogP contribution in [-0.4, -0.2) is 24.1 Å². The van der Waals surface area contributed by atoms with Crippen LogP contribution < -0.4 is 15.4 Å². The molecule has 0 aliphatic rings. The molecule has 1 aromatic heterocycles. The van der Waals surface area contributed by atoms with Gasteiger partial charge < -0.3 is 10.1 Å². The van der Waals surface area contributed by atoms with Crippen molar-refractivity contribution in [2.45, 2.75) is 6.42 Å². The van der Waals surface area contributed by atoms with Gasteiger partial charge in [-0.25, -0.2) is 0 Å². The van der Waals surface area contributed by atoms with Crippen molar-refractivity contribution in [1.29, 1.82) is 5.26 Å². The zero-order valence-corrected chi connectivity index (χ0v) is 14.0. The normalized spacial score (nSPS) is 10.7. The fraction of sp³-hybridized carbons (Fsp3) is 0.188. The first-order chi connectivity index (χ1) is 11.3. The summed E-state index contributed by atoms with van der Waals surface area (Å²) in [6.45, 7) is 1.09. The maximum atomic E-state index is 8.79. The fourth-order valence-electron chi connectivity index (χ4n) is 1.74. The summed E-state index contributed by atoms with van der Waals surface area (Å²) in [6, 6.07) is 11.5. The molecular formula is C16H16BrN5O. The van der Waals surface area contributed by atoms with Gasteiger partial charge in [0, 0.05) is 23.6 Å². The van der Waals surface area contributed by atoms with Crippen molar-refractivity contribution in [2.24, 2.45) is 4.99 Å². The van der Waals surface area contributed by atoms with Gasteiger partial charge in [0.15, 0.2) is 6.19 Å². The SMILES string of the molecule is N#CNC(=NCCCOc1ccccc1)Nc1cncc(Br)c1. The van der Waals surface area contributed by atoms with Crippen molar-refractivity contribution in [1.82, 2.24) is 10.3 Å². The van der Waals surface area contributed by atoms with Crippen LogP contribution in [-0.2, 0) is 0 Å². The molecule has 0 saturated heterocycles. The van der Waals surface area contributed by atoms with Crippen molar-refractivity contribution in [2.75, 3.05) is 18.5 Å². The van der Waals surface area contributed by atoms with E-state index in [2.05, 4.69) is 36.5 Å². The molecule has 0 amide bonds. The number of halogens is 1. The summed E-state index contributed by atoms with van der Waals surface area (Å²) >= 11 is 3.34. The number of aromatic nitrogens is 1. The molecular weight excluding hydrogens is 358 g/mol. The Kier molecular flexibility index (Phi) is 6.88. The van der Waals surface area contributed by atoms with Gasteiger partial charge in [0.05, 0.1) is 18.5 Å². The van der Waals surface area contributed by atoms with Gasteiger partial charge >= 0.3 is 0 Å². The molecule has 7 heteroatoms. The highest BCUT2D eigenvalue weighted by atomic mass is 79.9. The first-order valence-corrected chi connectivity index (χ1v) is 7.82. The van der Waals surface area contributed by atoms with Crippen molar-refractivity contribution >= 4 is 27.6 Å². The van der Waals surface area contributed by atoms with Crippen molar-refractivity contribution in [3.8, 4) is 11.9 Å². The molecule has 0 unspecified atom stereocenters. The summed E-state index contributed by atoms with van der Waals surface area (Å²) in [5, 5.41) is 14.3. The Morgan fingerprint density at radius 1 is 1.30 bits per heavy atom. The average Bonchev–Trinajstić information content (AvgIpc) is 2.56. The zero-order chi connectivity index (χ0) is 16.3. The average molecular weight is 374 g/mol. The van der Waals surface area contributed by atoms with E-state index in [1.807, 2.05) is 42.6 Å². The van der Waals surface area contributed by atoms with Gasteiger partial charge in [-0.05, 0) is 34.1 Å². The van der Waals surface area contributed by atoms with Crippen molar-refractivity contribution in [3.05, 3.63) is 53.3 Å². The molecule has 1 heterocycles. The molecule has 6 nitrogen and oxygen atoms in total. The third-order valence-electron chi connectivity index (χ3n) is 2.73. The number of nitrogens with one attached hydrogen (secondary N) is 2. The standard InChI is InChI=1S/C16H16BrN5O/c17-13-9-14(11-19-10-13)22-16(21-12-18)20-7-4-8-23-15-5-2-1-3-6-15/h1-3,5-6,9-11H,4,7-8H2,(H2,20,21,22). The lowest BCUT2D eigenvalue weighted by molar-refractivity contribution is 0.313. The van der Waals surface area contributed by atoms with Crippen molar-refractivity contribution in [3.63, 3.8) is 0 Å². The number of pyridine rings is 1. The maximum absolute atomic E-state index is 8.79. The van der Waals surface area contributed by atoms with Crippen LogP contribution in [0.1, 0.15) is 6.42 Å². The fourth-order valence-corrected chi connectivity index (χ4v) is 2.11. The Morgan fingerprint density at radius 2 is 2.13 bits per heavy atom. The predicted molar refractivity (Wildman–Crippen MR) is 93.2 cm³/mol. The molecule has 23 heavy (non-hydrogen) atoms. The Balaban J connectivity index is 1.80. The van der Waals surface area contributed by atoms with E-state index in [4.69, 9.17) is 10.00 Å². The number of benzene rings is 1. The van der Waals surface area contributed by atoms with E-state index in [0.717, 1.165) is 22.3 Å². The smallest absolute Gasteiger partial charge is 0.209 e. The lowest BCUT2D eigenvalue weighted by atomic mass is 10.3. The number of hydrogen-bond donors (Lipinski definition) is 2. The highest BCUT2D eigenvalue weighted by molar-refractivity contribution is 9.10. The number of anilines is 1. The van der Waals surface area contributed by atoms with Crippen LogP contribution in [0, 0.1) is 11.5 Å². The number of nitriles is 1. The van der Waals surface area contributed by atoms with Gasteiger partial charge in [0.25, 0.3) is 0 Å². The summed E-state index contributed by atoms with van der Waals surface area (Å²) in [4.78, 5) is 8.36. The monoisotopic (exact) mass is 373 g/mol. The van der Waals surface area contributed by atoms with E-state index in [9.17, 15) is 0 Å². The molecule has 0 saturated carbocycles. The summed E-state index contributed by atoms with van der Waals surface area (Å²) in [6.07, 6.45) is 5.93. The van der Waals surface area contributed by atoms with Gasteiger partial charge in [-0.1, -0.05) is 18.2 Å². The Labute approximate surface area is 143 Å². The van der Waals surface area contributed by atoms with Crippen molar-refractivity contribution < 1.29 is 4.74 Å². The topological polar surface area (TPSA) is 82.3 Å². The summed E-state index contributed by atoms with van der Waals surface area (Å²) in [7, 11) is 0. The van der Waals surface area contributed by atoms with Crippen LogP contribution in [0.25, 0.3) is 0 Å². The van der Waals surface area contributed by atoms with E-state index in [-0.39, 0.29) is 0 Å². The molecule has 0 spiro atoms. The van der Waals surface area contributed by atoms with Gasteiger partial charge in [-0.3, -0.25) is 15.3 Å². The van der Waals surface area contributed by atoms with Gasteiger partial charge in [0.2, 0.25) is 5.96 Å². The second-order valence-electron chi connectivity index (χ2n) is 4.50. The zero-order valence-electron chi connectivity index (χ0n) is 12.4. The van der Waals surface area contributed by atoms with Gasteiger partial charge in [-0.15, -0.1) is 0 Å². The molecule has 0 bridgehead atoms. The minimum Gasteiger partial charge on any atom is -0.494 e. The van der Waals surface area contributed by atoms with Crippen LogP contribution >= 0.6 is 15.9 Å². The number of guanidine groups is 1. The number of ether oxygens (including phenoxy) is 1. The molecule has 2 aromatic rings. The second kappa shape index (κ2) is 9.43. The lowest BCUT2D eigenvalue weighted by Crippen LogP contribution is -2.27. The highest BCUT2D eigenvalue weighted by Gasteiger charge is 2.00. The molecule has 2 N–H and O–H groups in total. The molecule has 0 aliphatic heterocycles. The van der Waals surface area contributed by atoms with E-state index in [0.29, 0.717) is 19.1 Å². The Hall–Kier alpha value is -2.59. The first-order valence-electron chi connectivity index (χ1n) is 7.03. The van der Waals surface area contributed by atoms with Gasteiger partial charge in [0.1, 0.15) is 5.75 Å². The van der Waals surface area contributed by atoms with Crippen LogP contribution in [0.3, 0.4) is 0 Å². The molecule has 118 valence electrons. The van der Waals surface area contributed by atoms with E-state index in [1.165, 1.54) is 0 Å². The van der Waals surface area contributed by atoms with Crippen LogP contribution in [0.4, 0.5) is 5.69 Å². The number of rotatable bonds is 6.